The number of rotatable bonds is 7. The second-order valence-electron chi connectivity index (χ2n) is 4.07. The zero-order valence-corrected chi connectivity index (χ0v) is 11.8. The Morgan fingerprint density at radius 3 is 2.29 bits per heavy atom. The summed E-state index contributed by atoms with van der Waals surface area (Å²) in [5.41, 5.74) is 1.01. The van der Waals surface area contributed by atoms with Crippen LogP contribution in [-0.4, -0.2) is 33.0 Å². The molecule has 0 heterocycles. The van der Waals surface area contributed by atoms with Gasteiger partial charge in [0.05, 0.1) is 7.11 Å². The molecule has 0 saturated carbocycles. The smallest absolute Gasteiger partial charge is 0.324 e. The molecule has 0 aliphatic heterocycles. The molecule has 0 saturated heterocycles. The van der Waals surface area contributed by atoms with Crippen molar-refractivity contribution in [1.82, 2.24) is 0 Å². The first-order valence-corrected chi connectivity index (χ1v) is 7.76. The van der Waals surface area contributed by atoms with Gasteiger partial charge in [-0.25, -0.2) is 8.42 Å². The Morgan fingerprint density at radius 2 is 1.94 bits per heavy atom. The van der Waals surface area contributed by atoms with Gasteiger partial charge in [0.25, 0.3) is 0 Å². The molecular formula is C12H22O4S. The van der Waals surface area contributed by atoms with Crippen LogP contribution in [0.25, 0.3) is 0 Å². The minimum atomic E-state index is -3.42. The lowest BCUT2D eigenvalue weighted by atomic mass is 10.0. The number of carbonyl (C=O) groups excluding carboxylic acids is 1. The topological polar surface area (TPSA) is 60.4 Å². The van der Waals surface area contributed by atoms with Crippen LogP contribution in [-0.2, 0) is 19.4 Å². The van der Waals surface area contributed by atoms with Gasteiger partial charge >= 0.3 is 5.97 Å². The van der Waals surface area contributed by atoms with Gasteiger partial charge in [-0.15, -0.1) is 0 Å². The quantitative estimate of drug-likeness (QED) is 0.521. The van der Waals surface area contributed by atoms with Crippen LogP contribution >= 0.6 is 0 Å². The molecule has 0 aliphatic rings. The number of ether oxygens (including phenoxy) is 1. The van der Waals surface area contributed by atoms with Gasteiger partial charge in [0.1, 0.15) is 0 Å². The molecule has 0 aromatic rings. The van der Waals surface area contributed by atoms with E-state index >= 15 is 0 Å². The molecule has 0 aromatic heterocycles. The van der Waals surface area contributed by atoms with Crippen LogP contribution in [0.3, 0.4) is 0 Å². The number of hydrogen-bond acceptors (Lipinski definition) is 4. The summed E-state index contributed by atoms with van der Waals surface area (Å²) in [6.07, 6.45) is 5.90. The Hall–Kier alpha value is -0.840. The van der Waals surface area contributed by atoms with Gasteiger partial charge in [-0.3, -0.25) is 4.79 Å². The highest BCUT2D eigenvalue weighted by molar-refractivity contribution is 7.92. The summed E-state index contributed by atoms with van der Waals surface area (Å²) in [5.74, 6) is -0.675. The molecule has 0 fully saturated rings. The van der Waals surface area contributed by atoms with Crippen LogP contribution in [0.15, 0.2) is 11.6 Å². The van der Waals surface area contributed by atoms with E-state index in [1.54, 1.807) is 0 Å². The number of carbonyl (C=O) groups is 1. The maximum absolute atomic E-state index is 11.5. The Kier molecular flexibility index (Phi) is 7.11. The molecule has 17 heavy (non-hydrogen) atoms. The third kappa shape index (κ3) is 5.86. The summed E-state index contributed by atoms with van der Waals surface area (Å²) in [5, 5.41) is -1.07. The highest BCUT2D eigenvalue weighted by Crippen LogP contribution is 2.18. The fourth-order valence-electron chi connectivity index (χ4n) is 1.68. The van der Waals surface area contributed by atoms with Crippen molar-refractivity contribution in [3.63, 3.8) is 0 Å². The molecule has 0 aliphatic carbocycles. The fraction of sp³-hybridized carbons (Fsp3) is 0.750. The van der Waals surface area contributed by atoms with Gasteiger partial charge in [0.2, 0.25) is 0 Å². The first kappa shape index (κ1) is 16.2. The molecule has 1 unspecified atom stereocenters. The fourth-order valence-corrected chi connectivity index (χ4v) is 2.64. The van der Waals surface area contributed by atoms with Crippen LogP contribution in [0.4, 0.5) is 0 Å². The Balaban J connectivity index is 4.97. The molecule has 0 spiro atoms. The third-order valence-electron chi connectivity index (χ3n) is 2.49. The molecule has 0 aromatic carbocycles. The second kappa shape index (κ2) is 7.48. The average Bonchev–Trinajstić information content (AvgIpc) is 2.23. The molecular weight excluding hydrogens is 240 g/mol. The van der Waals surface area contributed by atoms with Crippen LogP contribution in [0.5, 0.6) is 0 Å². The van der Waals surface area contributed by atoms with Crippen LogP contribution in [0.2, 0.25) is 0 Å². The van der Waals surface area contributed by atoms with E-state index in [0.29, 0.717) is 0 Å². The highest BCUT2D eigenvalue weighted by Gasteiger charge is 2.30. The lowest BCUT2D eigenvalue weighted by Gasteiger charge is -2.14. The average molecular weight is 262 g/mol. The predicted molar refractivity (Wildman–Crippen MR) is 68.5 cm³/mol. The normalized spacial score (nSPS) is 14.5. The van der Waals surface area contributed by atoms with Crippen molar-refractivity contribution in [2.75, 3.05) is 13.4 Å². The van der Waals surface area contributed by atoms with Gasteiger partial charge in [-0.05, 0) is 19.3 Å². The van der Waals surface area contributed by atoms with Crippen molar-refractivity contribution in [3.8, 4) is 0 Å². The van der Waals surface area contributed by atoms with Crippen molar-refractivity contribution in [2.24, 2.45) is 0 Å². The third-order valence-corrected chi connectivity index (χ3v) is 3.89. The van der Waals surface area contributed by atoms with E-state index in [9.17, 15) is 13.2 Å². The summed E-state index contributed by atoms with van der Waals surface area (Å²) in [6, 6.07) is 0. The van der Waals surface area contributed by atoms with Crippen molar-refractivity contribution < 1.29 is 17.9 Å². The number of methoxy groups -OCH3 is 1. The van der Waals surface area contributed by atoms with Gasteiger partial charge in [-0.1, -0.05) is 31.9 Å². The summed E-state index contributed by atoms with van der Waals surface area (Å²) in [4.78, 5) is 11.5. The Labute approximate surface area is 104 Å². The Bertz CT molecular complexity index is 368. The molecule has 0 rings (SSSR count). The first-order chi connectivity index (χ1) is 7.86. The van der Waals surface area contributed by atoms with Gasteiger partial charge in [0, 0.05) is 6.26 Å². The largest absolute Gasteiger partial charge is 0.468 e. The lowest BCUT2D eigenvalue weighted by molar-refractivity contribution is -0.140. The number of allylic oxidation sites excluding steroid dienone is 2. The second-order valence-corrected chi connectivity index (χ2v) is 6.29. The zero-order chi connectivity index (χ0) is 13.5. The molecule has 0 amide bonds. The summed E-state index contributed by atoms with van der Waals surface area (Å²) in [7, 11) is -2.21. The predicted octanol–water partition coefficient (Wildman–Crippen LogP) is 2.10. The molecule has 4 nitrogen and oxygen atoms in total. The maximum Gasteiger partial charge on any atom is 0.324 e. The van der Waals surface area contributed by atoms with E-state index in [1.165, 1.54) is 7.11 Å². The number of sulfone groups is 1. The maximum atomic E-state index is 11.5. The van der Waals surface area contributed by atoms with Crippen LogP contribution in [0, 0.1) is 0 Å². The summed E-state index contributed by atoms with van der Waals surface area (Å²) in [6.45, 7) is 4.01. The highest BCUT2D eigenvalue weighted by atomic mass is 32.2. The van der Waals surface area contributed by atoms with Crippen LogP contribution in [0.1, 0.15) is 39.5 Å². The minimum absolute atomic E-state index is 0.243. The van der Waals surface area contributed by atoms with Crippen molar-refractivity contribution in [1.29, 1.82) is 0 Å². The summed E-state index contributed by atoms with van der Waals surface area (Å²) >= 11 is 0. The van der Waals surface area contributed by atoms with Crippen molar-refractivity contribution >= 4 is 15.8 Å². The number of hydrogen-bond donors (Lipinski definition) is 0. The van der Waals surface area contributed by atoms with E-state index in [0.717, 1.165) is 31.1 Å². The van der Waals surface area contributed by atoms with E-state index in [1.807, 2.05) is 19.9 Å². The van der Waals surface area contributed by atoms with E-state index in [2.05, 4.69) is 4.74 Å². The van der Waals surface area contributed by atoms with E-state index in [4.69, 9.17) is 0 Å². The molecule has 5 heteroatoms. The zero-order valence-electron chi connectivity index (χ0n) is 11.0. The molecule has 0 bridgehead atoms. The number of esters is 1. The Morgan fingerprint density at radius 1 is 1.35 bits per heavy atom. The van der Waals surface area contributed by atoms with Crippen molar-refractivity contribution in [2.45, 2.75) is 44.8 Å². The molecule has 100 valence electrons. The monoisotopic (exact) mass is 262 g/mol. The summed E-state index contributed by atoms with van der Waals surface area (Å²) < 4.78 is 27.6. The van der Waals surface area contributed by atoms with Gasteiger partial charge in [0.15, 0.2) is 15.1 Å². The SMILES string of the molecule is CC/C=C(/CCC)CC(C(=O)OC)S(C)(=O)=O. The standard InChI is InChI=1S/C12H22O4S/c1-5-7-10(8-6-2)9-11(12(13)16-3)17(4,14)15/h7,11H,5-6,8-9H2,1-4H3/b10-7-. The first-order valence-electron chi connectivity index (χ1n) is 5.81. The molecule has 0 N–H and O–H groups in total. The van der Waals surface area contributed by atoms with Gasteiger partial charge in [-0.2, -0.15) is 0 Å². The lowest BCUT2D eigenvalue weighted by Crippen LogP contribution is -2.31. The molecule has 0 radical (unpaired) electrons. The van der Waals surface area contributed by atoms with Gasteiger partial charge < -0.3 is 4.74 Å². The van der Waals surface area contributed by atoms with E-state index < -0.39 is 21.1 Å². The van der Waals surface area contributed by atoms with Crippen LogP contribution < -0.4 is 0 Å². The van der Waals surface area contributed by atoms with Crippen molar-refractivity contribution in [3.05, 3.63) is 11.6 Å². The minimum Gasteiger partial charge on any atom is -0.468 e. The van der Waals surface area contributed by atoms with E-state index in [-0.39, 0.29) is 6.42 Å². The molecule has 1 atom stereocenters.